The molecule has 4 atom stereocenters. The fourth-order valence-corrected chi connectivity index (χ4v) is 7.02. The van der Waals surface area contributed by atoms with Crippen LogP contribution in [0.25, 0.3) is 0 Å². The lowest BCUT2D eigenvalue weighted by Crippen LogP contribution is -2.33. The number of hydrogen-bond donors (Lipinski definition) is 1. The van der Waals surface area contributed by atoms with Crippen molar-refractivity contribution in [2.45, 2.75) is 57.3 Å². The molecule has 0 radical (unpaired) electrons. The number of carbonyl (C=O) groups excluding carboxylic acids is 1. The zero-order valence-corrected chi connectivity index (χ0v) is 18.0. The summed E-state index contributed by atoms with van der Waals surface area (Å²) in [4.78, 5) is 17.3. The number of hydrazone groups is 1. The third-order valence-corrected chi connectivity index (χ3v) is 9.00. The van der Waals surface area contributed by atoms with Crippen molar-refractivity contribution < 1.29 is 13.2 Å². The van der Waals surface area contributed by atoms with E-state index in [-0.39, 0.29) is 22.5 Å². The van der Waals surface area contributed by atoms with Crippen molar-refractivity contribution in [3.63, 3.8) is 0 Å². The average Bonchev–Trinajstić information content (AvgIpc) is 3.01. The summed E-state index contributed by atoms with van der Waals surface area (Å²) in [5, 5.41) is 4.47. The van der Waals surface area contributed by atoms with E-state index in [2.05, 4.69) is 15.5 Å². The predicted molar refractivity (Wildman–Crippen MR) is 112 cm³/mol. The Morgan fingerprint density at radius 3 is 2.41 bits per heavy atom. The summed E-state index contributed by atoms with van der Waals surface area (Å²) in [6, 6.07) is 3.15. The highest BCUT2D eigenvalue weighted by Gasteiger charge is 2.53. The van der Waals surface area contributed by atoms with Crippen LogP contribution in [0.1, 0.15) is 52.4 Å². The molecular formula is C21H30N4O3S. The molecule has 3 aliphatic rings. The molecule has 3 saturated carbocycles. The number of nitrogens with one attached hydrogen (secondary N) is 1. The van der Waals surface area contributed by atoms with E-state index in [1.165, 1.54) is 35.8 Å². The highest BCUT2D eigenvalue weighted by Crippen LogP contribution is 2.52. The van der Waals surface area contributed by atoms with Crippen LogP contribution in [0.4, 0.5) is 5.82 Å². The number of pyridine rings is 1. The van der Waals surface area contributed by atoms with Gasteiger partial charge >= 0.3 is 0 Å². The van der Waals surface area contributed by atoms with E-state index in [0.29, 0.717) is 36.5 Å². The van der Waals surface area contributed by atoms with E-state index < -0.39 is 10.0 Å². The zero-order chi connectivity index (χ0) is 20.6. The minimum atomic E-state index is -3.53. The van der Waals surface area contributed by atoms with Crippen LogP contribution in [0.2, 0.25) is 0 Å². The van der Waals surface area contributed by atoms with Gasteiger partial charge in [-0.15, -0.1) is 0 Å². The Bertz CT molecular complexity index is 891. The first-order chi connectivity index (χ1) is 14.0. The van der Waals surface area contributed by atoms with Gasteiger partial charge in [0, 0.05) is 31.1 Å². The quantitative estimate of drug-likeness (QED) is 0.716. The molecule has 7 nitrogen and oxygen atoms in total. The van der Waals surface area contributed by atoms with Crippen LogP contribution in [0.5, 0.6) is 0 Å². The van der Waals surface area contributed by atoms with Gasteiger partial charge in [0.1, 0.15) is 16.4 Å². The summed E-state index contributed by atoms with van der Waals surface area (Å²) in [6.45, 7) is 4.46. The van der Waals surface area contributed by atoms with Gasteiger partial charge in [0.25, 0.3) is 0 Å². The maximum Gasteiger partial charge on any atom is 0.244 e. The normalized spacial score (nSPS) is 30.6. The lowest BCUT2D eigenvalue weighted by Gasteiger charge is -2.39. The monoisotopic (exact) mass is 418 g/mol. The van der Waals surface area contributed by atoms with Gasteiger partial charge in [-0.25, -0.2) is 13.4 Å². The summed E-state index contributed by atoms with van der Waals surface area (Å²) in [6.07, 6.45) is 8.19. The summed E-state index contributed by atoms with van der Waals surface area (Å²) in [5.41, 5.74) is 3.59. The second-order valence-corrected chi connectivity index (χ2v) is 10.3. The molecule has 158 valence electrons. The van der Waals surface area contributed by atoms with Gasteiger partial charge in [-0.2, -0.15) is 9.41 Å². The molecular weight excluding hydrogens is 388 g/mol. The van der Waals surface area contributed by atoms with Crippen molar-refractivity contribution in [2.24, 2.45) is 28.8 Å². The minimum absolute atomic E-state index is 0.147. The van der Waals surface area contributed by atoms with Crippen molar-refractivity contribution in [3.05, 3.63) is 18.3 Å². The minimum Gasteiger partial charge on any atom is -0.292 e. The third-order valence-electron chi connectivity index (χ3n) is 6.96. The van der Waals surface area contributed by atoms with Gasteiger partial charge in [0.05, 0.1) is 0 Å². The van der Waals surface area contributed by atoms with E-state index in [0.717, 1.165) is 19.3 Å². The molecule has 1 heterocycles. The van der Waals surface area contributed by atoms with Gasteiger partial charge in [0.2, 0.25) is 10.0 Å². The van der Waals surface area contributed by atoms with E-state index in [4.69, 9.17) is 0 Å². The number of hydrogen-bond acceptors (Lipinski definition) is 6. The molecule has 1 aromatic heterocycles. The SMILES string of the molecule is CCN(CC)S(=O)(=O)c1ccc(N/N=C2\C(=O)C3CCCC4CCCC2C43)nc1. The van der Waals surface area contributed by atoms with Crippen molar-refractivity contribution in [1.82, 2.24) is 9.29 Å². The highest BCUT2D eigenvalue weighted by molar-refractivity contribution is 7.89. The topological polar surface area (TPSA) is 91.7 Å². The van der Waals surface area contributed by atoms with Crippen molar-refractivity contribution in [1.29, 1.82) is 0 Å². The fraction of sp³-hybridized carbons (Fsp3) is 0.667. The van der Waals surface area contributed by atoms with Crippen molar-refractivity contribution >= 4 is 27.3 Å². The average molecular weight is 419 g/mol. The Morgan fingerprint density at radius 2 is 1.79 bits per heavy atom. The van der Waals surface area contributed by atoms with Crippen LogP contribution in [-0.2, 0) is 14.8 Å². The van der Waals surface area contributed by atoms with Crippen LogP contribution in [0.15, 0.2) is 28.3 Å². The van der Waals surface area contributed by atoms with Crippen LogP contribution < -0.4 is 5.43 Å². The number of anilines is 1. The molecule has 0 bridgehead atoms. The molecule has 4 rings (SSSR count). The highest BCUT2D eigenvalue weighted by atomic mass is 32.2. The molecule has 1 N–H and O–H groups in total. The summed E-state index contributed by atoms with van der Waals surface area (Å²) in [5.74, 6) is 2.22. The molecule has 8 heteroatoms. The molecule has 0 saturated heterocycles. The molecule has 3 aliphatic carbocycles. The summed E-state index contributed by atoms with van der Waals surface area (Å²) >= 11 is 0. The number of ketones is 1. The Kier molecular flexibility index (Phi) is 5.75. The second kappa shape index (κ2) is 8.14. The summed E-state index contributed by atoms with van der Waals surface area (Å²) < 4.78 is 26.5. The zero-order valence-electron chi connectivity index (χ0n) is 17.2. The van der Waals surface area contributed by atoms with Crippen molar-refractivity contribution in [3.8, 4) is 0 Å². The number of carbonyl (C=O) groups is 1. The van der Waals surface area contributed by atoms with Gasteiger partial charge in [-0.1, -0.05) is 39.5 Å². The third kappa shape index (κ3) is 3.61. The Hall–Kier alpha value is -1.80. The van der Waals surface area contributed by atoms with Gasteiger partial charge in [-0.05, 0) is 36.8 Å². The first kappa shape index (κ1) is 20.5. The molecule has 4 unspecified atom stereocenters. The molecule has 3 fully saturated rings. The molecule has 0 amide bonds. The Labute approximate surface area is 173 Å². The van der Waals surface area contributed by atoms with Crippen LogP contribution in [0, 0.1) is 23.7 Å². The maximum atomic E-state index is 13.0. The first-order valence-electron chi connectivity index (χ1n) is 10.8. The number of rotatable bonds is 6. The number of sulfonamides is 1. The summed E-state index contributed by atoms with van der Waals surface area (Å²) in [7, 11) is -3.53. The van der Waals surface area contributed by atoms with Gasteiger partial charge in [0.15, 0.2) is 5.78 Å². The standard InChI is InChI=1S/C21H30N4O3S/c1-3-25(4-2)29(27,28)15-11-12-18(22-13-15)23-24-20-16-9-5-7-14-8-6-10-17(19(14)16)21(20)26/h11-14,16-17,19H,3-10H2,1-2H3,(H,22,23)/b24-20-. The largest absolute Gasteiger partial charge is 0.292 e. The number of Topliss-reactive ketones (excluding diaryl/α,β-unsaturated/α-hetero) is 1. The molecule has 0 aromatic carbocycles. The van der Waals surface area contributed by atoms with E-state index >= 15 is 0 Å². The van der Waals surface area contributed by atoms with Crippen LogP contribution in [0.3, 0.4) is 0 Å². The molecule has 1 aromatic rings. The molecule has 29 heavy (non-hydrogen) atoms. The van der Waals surface area contributed by atoms with E-state index in [1.54, 1.807) is 6.07 Å². The van der Waals surface area contributed by atoms with Gasteiger partial charge in [-0.3, -0.25) is 10.2 Å². The molecule has 0 spiro atoms. The van der Waals surface area contributed by atoms with Gasteiger partial charge < -0.3 is 0 Å². The second-order valence-electron chi connectivity index (χ2n) is 8.35. The maximum absolute atomic E-state index is 13.0. The van der Waals surface area contributed by atoms with E-state index in [9.17, 15) is 13.2 Å². The number of nitrogens with zero attached hydrogens (tertiary/aromatic N) is 3. The van der Waals surface area contributed by atoms with Crippen LogP contribution in [-0.4, -0.2) is 42.3 Å². The van der Waals surface area contributed by atoms with Crippen LogP contribution >= 0.6 is 0 Å². The molecule has 0 aliphatic heterocycles. The van der Waals surface area contributed by atoms with Crippen molar-refractivity contribution in [2.75, 3.05) is 18.5 Å². The lowest BCUT2D eigenvalue weighted by molar-refractivity contribution is -0.118. The lowest BCUT2D eigenvalue weighted by atomic mass is 9.65. The number of aromatic nitrogens is 1. The van der Waals surface area contributed by atoms with E-state index in [1.807, 2.05) is 13.8 Å². The predicted octanol–water partition coefficient (Wildman–Crippen LogP) is 3.30. The fourth-order valence-electron chi connectivity index (χ4n) is 5.62. The smallest absolute Gasteiger partial charge is 0.244 e. The Balaban J connectivity index is 1.51. The first-order valence-corrected chi connectivity index (χ1v) is 12.2. The Morgan fingerprint density at radius 1 is 1.10 bits per heavy atom.